The van der Waals surface area contributed by atoms with Gasteiger partial charge in [0.2, 0.25) is 5.76 Å². The molecule has 1 saturated carbocycles. The second-order valence-electron chi connectivity index (χ2n) is 8.91. The third-order valence-electron chi connectivity index (χ3n) is 6.82. The number of hydrogen-bond donors (Lipinski definition) is 0. The van der Waals surface area contributed by atoms with Crippen LogP contribution in [0.15, 0.2) is 10.6 Å². The molecule has 29 heavy (non-hydrogen) atoms. The normalized spacial score (nSPS) is 23.9. The highest BCUT2D eigenvalue weighted by atomic mass is 16.5. The molecule has 1 atom stereocenters. The van der Waals surface area contributed by atoms with Crippen LogP contribution in [0, 0.1) is 0 Å². The number of aromatic nitrogens is 4. The third kappa shape index (κ3) is 3.70. The van der Waals surface area contributed by atoms with Gasteiger partial charge < -0.3 is 18.9 Å². The van der Waals surface area contributed by atoms with Gasteiger partial charge in [0, 0.05) is 37.5 Å². The second-order valence-corrected chi connectivity index (χ2v) is 8.91. The lowest BCUT2D eigenvalue weighted by molar-refractivity contribution is 0.0663. The maximum atomic E-state index is 13.0. The minimum absolute atomic E-state index is 0.0900. The molecule has 0 N–H and O–H groups in total. The van der Waals surface area contributed by atoms with Gasteiger partial charge in [-0.2, -0.15) is 0 Å². The van der Waals surface area contributed by atoms with E-state index in [2.05, 4.69) is 31.9 Å². The minimum atomic E-state index is -0.0900. The van der Waals surface area contributed by atoms with Crippen molar-refractivity contribution in [3.05, 3.63) is 29.2 Å². The van der Waals surface area contributed by atoms with Crippen LogP contribution in [0.25, 0.3) is 0 Å². The molecule has 0 bridgehead atoms. The van der Waals surface area contributed by atoms with Crippen molar-refractivity contribution in [1.82, 2.24) is 29.7 Å². The van der Waals surface area contributed by atoms with Crippen molar-refractivity contribution < 1.29 is 9.32 Å². The molecule has 4 heterocycles. The lowest BCUT2D eigenvalue weighted by Gasteiger charge is -2.31. The number of carbonyl (C=O) groups excluding carboxylic acids is 1. The van der Waals surface area contributed by atoms with E-state index in [1.54, 1.807) is 0 Å². The van der Waals surface area contributed by atoms with Crippen molar-refractivity contribution in [2.75, 3.05) is 26.7 Å². The van der Waals surface area contributed by atoms with Crippen molar-refractivity contribution in [1.29, 1.82) is 0 Å². The van der Waals surface area contributed by atoms with Crippen LogP contribution in [0.2, 0.25) is 0 Å². The molecule has 0 radical (unpaired) electrons. The Balaban J connectivity index is 1.27. The average Bonchev–Trinajstić information content (AvgIpc) is 3.41. The Morgan fingerprint density at radius 2 is 1.86 bits per heavy atom. The van der Waals surface area contributed by atoms with Gasteiger partial charge in [-0.25, -0.2) is 0 Å². The fourth-order valence-electron chi connectivity index (χ4n) is 5.17. The molecule has 0 spiro atoms. The van der Waals surface area contributed by atoms with Crippen molar-refractivity contribution in [2.24, 2.45) is 0 Å². The maximum absolute atomic E-state index is 13.0. The molecule has 1 saturated heterocycles. The summed E-state index contributed by atoms with van der Waals surface area (Å²) in [6.45, 7) is 4.06. The van der Waals surface area contributed by atoms with Gasteiger partial charge in [0.1, 0.15) is 5.82 Å². The molecule has 1 amide bonds. The lowest BCUT2D eigenvalue weighted by Crippen LogP contribution is -2.39. The van der Waals surface area contributed by atoms with Crippen molar-refractivity contribution in [3.63, 3.8) is 0 Å². The molecular weight excluding hydrogens is 368 g/mol. The summed E-state index contributed by atoms with van der Waals surface area (Å²) < 4.78 is 7.67. The van der Waals surface area contributed by atoms with Gasteiger partial charge in [0.05, 0.1) is 12.2 Å². The first kappa shape index (κ1) is 18.8. The first-order valence-corrected chi connectivity index (χ1v) is 11.1. The summed E-state index contributed by atoms with van der Waals surface area (Å²) >= 11 is 0. The summed E-state index contributed by atoms with van der Waals surface area (Å²) in [5, 5.41) is 13.1. The van der Waals surface area contributed by atoms with Crippen LogP contribution in [0.3, 0.4) is 0 Å². The lowest BCUT2D eigenvalue weighted by atomic mass is 9.87. The van der Waals surface area contributed by atoms with Crippen molar-refractivity contribution in [2.45, 2.75) is 69.9 Å². The molecule has 156 valence electrons. The van der Waals surface area contributed by atoms with Gasteiger partial charge >= 0.3 is 0 Å². The van der Waals surface area contributed by atoms with Crippen LogP contribution in [0.1, 0.15) is 84.7 Å². The SMILES string of the molecule is CN1CCC[C@@H](c2nnc3n2CCN(C(=O)c2cc(C4CCCCC4)no2)C3)C1. The van der Waals surface area contributed by atoms with E-state index in [0.29, 0.717) is 30.7 Å². The van der Waals surface area contributed by atoms with Crippen molar-refractivity contribution in [3.8, 4) is 0 Å². The van der Waals surface area contributed by atoms with Crippen LogP contribution >= 0.6 is 0 Å². The van der Waals surface area contributed by atoms with E-state index in [0.717, 1.165) is 56.2 Å². The Labute approximate surface area is 171 Å². The standard InChI is InChI=1S/C21H30N6O2/c1-25-9-5-8-16(13-25)20-23-22-19-14-26(10-11-27(19)20)21(28)18-12-17(24-29-18)15-6-3-2-4-7-15/h12,15-16H,2-11,13-14H2,1H3/t16-/m1/s1. The molecule has 2 aromatic rings. The average molecular weight is 399 g/mol. The van der Waals surface area contributed by atoms with E-state index in [1.807, 2.05) is 11.0 Å². The van der Waals surface area contributed by atoms with Crippen LogP contribution in [-0.2, 0) is 13.1 Å². The summed E-state index contributed by atoms with van der Waals surface area (Å²) in [4.78, 5) is 17.2. The van der Waals surface area contributed by atoms with E-state index in [-0.39, 0.29) is 5.91 Å². The van der Waals surface area contributed by atoms with Crippen LogP contribution < -0.4 is 0 Å². The van der Waals surface area contributed by atoms with Gasteiger partial charge in [-0.1, -0.05) is 24.4 Å². The number of likely N-dealkylation sites (N-methyl/N-ethyl adjacent to an activating group) is 1. The van der Waals surface area contributed by atoms with Gasteiger partial charge in [-0.15, -0.1) is 10.2 Å². The summed E-state index contributed by atoms with van der Waals surface area (Å²) in [7, 11) is 2.17. The second kappa shape index (κ2) is 7.89. The summed E-state index contributed by atoms with van der Waals surface area (Å²) in [5.41, 5.74) is 0.942. The Hall–Kier alpha value is -2.22. The van der Waals surface area contributed by atoms with Crippen LogP contribution in [-0.4, -0.2) is 62.3 Å². The van der Waals surface area contributed by atoms with E-state index in [4.69, 9.17) is 4.52 Å². The molecular formula is C21H30N6O2. The molecule has 3 aliphatic rings. The maximum Gasteiger partial charge on any atom is 0.292 e. The highest BCUT2D eigenvalue weighted by Gasteiger charge is 2.31. The largest absolute Gasteiger partial charge is 0.351 e. The fourth-order valence-corrected chi connectivity index (χ4v) is 5.17. The number of fused-ring (bicyclic) bond motifs is 1. The first-order chi connectivity index (χ1) is 14.2. The van der Waals surface area contributed by atoms with Crippen LogP contribution in [0.4, 0.5) is 0 Å². The van der Waals surface area contributed by atoms with E-state index < -0.39 is 0 Å². The molecule has 2 fully saturated rings. The predicted octanol–water partition coefficient (Wildman–Crippen LogP) is 2.78. The smallest absolute Gasteiger partial charge is 0.292 e. The summed E-state index contributed by atoms with van der Waals surface area (Å²) in [6.07, 6.45) is 8.42. The number of piperidine rings is 1. The number of amides is 1. The summed E-state index contributed by atoms with van der Waals surface area (Å²) in [6, 6.07) is 1.86. The zero-order valence-electron chi connectivity index (χ0n) is 17.2. The number of rotatable bonds is 3. The predicted molar refractivity (Wildman–Crippen MR) is 107 cm³/mol. The van der Waals surface area contributed by atoms with Gasteiger partial charge in [-0.3, -0.25) is 4.79 Å². The molecule has 2 aliphatic heterocycles. The third-order valence-corrected chi connectivity index (χ3v) is 6.82. The fraction of sp³-hybridized carbons (Fsp3) is 0.714. The Bertz CT molecular complexity index is 868. The molecule has 8 heteroatoms. The molecule has 5 rings (SSSR count). The zero-order valence-corrected chi connectivity index (χ0v) is 17.2. The molecule has 0 unspecified atom stereocenters. The number of nitrogens with zero attached hydrogens (tertiary/aromatic N) is 6. The number of likely N-dealkylation sites (tertiary alicyclic amines) is 1. The molecule has 1 aliphatic carbocycles. The minimum Gasteiger partial charge on any atom is -0.351 e. The van der Waals surface area contributed by atoms with Crippen LogP contribution in [0.5, 0.6) is 0 Å². The van der Waals surface area contributed by atoms with Gasteiger partial charge in [0.15, 0.2) is 5.82 Å². The summed E-state index contributed by atoms with van der Waals surface area (Å²) in [5.74, 6) is 3.09. The van der Waals surface area contributed by atoms with E-state index in [1.165, 1.54) is 25.7 Å². The Morgan fingerprint density at radius 1 is 1.03 bits per heavy atom. The van der Waals surface area contributed by atoms with Gasteiger partial charge in [-0.05, 0) is 39.3 Å². The zero-order chi connectivity index (χ0) is 19.8. The van der Waals surface area contributed by atoms with Crippen molar-refractivity contribution >= 4 is 5.91 Å². The number of hydrogen-bond acceptors (Lipinski definition) is 6. The highest BCUT2D eigenvalue weighted by molar-refractivity contribution is 5.91. The Morgan fingerprint density at radius 3 is 2.69 bits per heavy atom. The highest BCUT2D eigenvalue weighted by Crippen LogP contribution is 2.32. The monoisotopic (exact) mass is 398 g/mol. The quantitative estimate of drug-likeness (QED) is 0.791. The topological polar surface area (TPSA) is 80.3 Å². The molecule has 2 aromatic heterocycles. The molecule has 8 nitrogen and oxygen atoms in total. The van der Waals surface area contributed by atoms with E-state index >= 15 is 0 Å². The first-order valence-electron chi connectivity index (χ1n) is 11.1. The molecule has 0 aromatic carbocycles. The van der Waals surface area contributed by atoms with Gasteiger partial charge in [0.25, 0.3) is 5.91 Å². The number of carbonyl (C=O) groups is 1. The van der Waals surface area contributed by atoms with E-state index in [9.17, 15) is 4.79 Å². The Kier molecular flexibility index (Phi) is 5.11.